The van der Waals surface area contributed by atoms with E-state index >= 15 is 0 Å². The second-order valence-corrected chi connectivity index (χ2v) is 6.59. The lowest BCUT2D eigenvalue weighted by atomic mass is 10.0. The number of benzene rings is 1. The first-order valence-corrected chi connectivity index (χ1v) is 8.22. The van der Waals surface area contributed by atoms with Gasteiger partial charge in [-0.15, -0.1) is 0 Å². The van der Waals surface area contributed by atoms with Crippen LogP contribution in [0.15, 0.2) is 36.7 Å². The van der Waals surface area contributed by atoms with Crippen LogP contribution < -0.4 is 16.0 Å². The molecule has 1 fully saturated rings. The number of nitrogens with one attached hydrogen (secondary N) is 3. The lowest BCUT2D eigenvalue weighted by Crippen LogP contribution is -2.41. The maximum atomic E-state index is 12.4. The minimum absolute atomic E-state index is 0.0399. The van der Waals surface area contributed by atoms with E-state index in [1.165, 1.54) is 0 Å². The Morgan fingerprint density at radius 1 is 1.30 bits per heavy atom. The lowest BCUT2D eigenvalue weighted by molar-refractivity contribution is -0.124. The Morgan fingerprint density at radius 2 is 2.17 bits per heavy atom. The summed E-state index contributed by atoms with van der Waals surface area (Å²) >= 11 is 0. The highest BCUT2D eigenvalue weighted by molar-refractivity contribution is 5.85. The molecule has 2 heterocycles. The third-order valence-corrected chi connectivity index (χ3v) is 4.23. The highest BCUT2D eigenvalue weighted by Crippen LogP contribution is 2.21. The number of carbonyl (C=O) groups excluding carboxylic acids is 1. The molecule has 0 unspecified atom stereocenters. The van der Waals surface area contributed by atoms with Crippen molar-refractivity contribution in [3.05, 3.63) is 36.7 Å². The summed E-state index contributed by atoms with van der Waals surface area (Å²) in [5, 5.41) is 12.1. The molecule has 1 aromatic heterocycles. The third kappa shape index (κ3) is 3.79. The van der Waals surface area contributed by atoms with Gasteiger partial charge in [-0.3, -0.25) is 9.78 Å². The van der Waals surface area contributed by atoms with Crippen LogP contribution >= 0.6 is 0 Å². The van der Waals surface area contributed by atoms with Gasteiger partial charge in [0.05, 0.1) is 12.0 Å². The molecule has 0 aliphatic carbocycles. The number of amides is 1. The van der Waals surface area contributed by atoms with Crippen molar-refractivity contribution in [2.24, 2.45) is 11.8 Å². The van der Waals surface area contributed by atoms with Crippen LogP contribution in [0.2, 0.25) is 0 Å². The van der Waals surface area contributed by atoms with Gasteiger partial charge in [0.15, 0.2) is 0 Å². The maximum absolute atomic E-state index is 12.4. The summed E-state index contributed by atoms with van der Waals surface area (Å²) in [7, 11) is 0. The van der Waals surface area contributed by atoms with Crippen molar-refractivity contribution >= 4 is 22.4 Å². The van der Waals surface area contributed by atoms with Crippen LogP contribution in [0.3, 0.4) is 0 Å². The molecule has 2 atom stereocenters. The molecule has 1 amide bonds. The highest BCUT2D eigenvalue weighted by Gasteiger charge is 2.32. The molecule has 1 saturated heterocycles. The molecule has 23 heavy (non-hydrogen) atoms. The van der Waals surface area contributed by atoms with Gasteiger partial charge < -0.3 is 16.0 Å². The average molecular weight is 312 g/mol. The fourth-order valence-corrected chi connectivity index (χ4v) is 2.93. The van der Waals surface area contributed by atoms with Crippen LogP contribution in [0.4, 0.5) is 5.69 Å². The maximum Gasteiger partial charge on any atom is 0.226 e. The van der Waals surface area contributed by atoms with Crippen molar-refractivity contribution in [2.75, 3.05) is 25.0 Å². The zero-order valence-electron chi connectivity index (χ0n) is 13.7. The quantitative estimate of drug-likeness (QED) is 0.790. The average Bonchev–Trinajstić information content (AvgIpc) is 3.00. The molecule has 0 spiro atoms. The predicted octanol–water partition coefficient (Wildman–Crippen LogP) is 2.01. The van der Waals surface area contributed by atoms with Gasteiger partial charge in [0.25, 0.3) is 0 Å². The summed E-state index contributed by atoms with van der Waals surface area (Å²) in [6.45, 7) is 6.46. The Balaban J connectivity index is 1.68. The van der Waals surface area contributed by atoms with E-state index in [0.29, 0.717) is 5.92 Å². The van der Waals surface area contributed by atoms with Gasteiger partial charge >= 0.3 is 0 Å². The summed E-state index contributed by atoms with van der Waals surface area (Å²) in [4.78, 5) is 16.5. The van der Waals surface area contributed by atoms with Crippen LogP contribution in [0, 0.1) is 11.8 Å². The Labute approximate surface area is 136 Å². The number of carbonyl (C=O) groups is 1. The van der Waals surface area contributed by atoms with Gasteiger partial charge in [0.2, 0.25) is 5.91 Å². The Morgan fingerprint density at radius 3 is 3.00 bits per heavy atom. The number of rotatable bonds is 5. The van der Waals surface area contributed by atoms with Crippen molar-refractivity contribution in [1.82, 2.24) is 15.6 Å². The van der Waals surface area contributed by atoms with Crippen molar-refractivity contribution in [1.29, 1.82) is 0 Å². The molecular formula is C18H24N4O. The number of hydrogen-bond acceptors (Lipinski definition) is 4. The number of aromatic nitrogens is 1. The molecule has 1 aliphatic heterocycles. The molecule has 0 bridgehead atoms. The second kappa shape index (κ2) is 6.96. The monoisotopic (exact) mass is 312 g/mol. The predicted molar refractivity (Wildman–Crippen MR) is 93.4 cm³/mol. The first-order valence-electron chi connectivity index (χ1n) is 8.22. The van der Waals surface area contributed by atoms with E-state index in [0.717, 1.165) is 36.1 Å². The minimum atomic E-state index is -0.0399. The molecule has 5 heteroatoms. The Hall–Kier alpha value is -2.14. The van der Waals surface area contributed by atoms with Crippen molar-refractivity contribution in [2.45, 2.75) is 19.9 Å². The van der Waals surface area contributed by atoms with Crippen LogP contribution in [0.5, 0.6) is 0 Å². The van der Waals surface area contributed by atoms with E-state index < -0.39 is 0 Å². The number of pyridine rings is 1. The summed E-state index contributed by atoms with van der Waals surface area (Å²) in [6.07, 6.45) is 3.66. The van der Waals surface area contributed by atoms with Crippen molar-refractivity contribution < 1.29 is 4.79 Å². The Bertz CT molecular complexity index is 686. The smallest absolute Gasteiger partial charge is 0.226 e. The van der Waals surface area contributed by atoms with Gasteiger partial charge in [0.1, 0.15) is 0 Å². The zero-order chi connectivity index (χ0) is 16.2. The molecule has 1 aromatic carbocycles. The molecule has 1 aliphatic rings. The molecular weight excluding hydrogens is 288 g/mol. The fourth-order valence-electron chi connectivity index (χ4n) is 2.93. The van der Waals surface area contributed by atoms with Gasteiger partial charge in [-0.2, -0.15) is 0 Å². The SMILES string of the molecule is CC(C)CNC(=O)[C@H]1CNC[C@@H]1Nc1ccc2cnccc2c1. The molecule has 122 valence electrons. The standard InChI is InChI=1S/C18H24N4O/c1-12(2)8-21-18(23)16-10-20-11-17(16)22-15-4-3-14-9-19-6-5-13(14)7-15/h3-7,9,12,16-17,20,22H,8,10-11H2,1-2H3,(H,21,23)/t16-,17-/m0/s1. The normalized spacial score (nSPS) is 20.8. The van der Waals surface area contributed by atoms with E-state index in [2.05, 4.69) is 46.9 Å². The number of anilines is 1. The largest absolute Gasteiger partial charge is 0.380 e. The van der Waals surface area contributed by atoms with E-state index in [9.17, 15) is 4.79 Å². The van der Waals surface area contributed by atoms with E-state index in [-0.39, 0.29) is 17.9 Å². The van der Waals surface area contributed by atoms with Gasteiger partial charge in [-0.25, -0.2) is 0 Å². The first-order chi connectivity index (χ1) is 11.1. The Kier molecular flexibility index (Phi) is 4.76. The second-order valence-electron chi connectivity index (χ2n) is 6.59. The highest BCUT2D eigenvalue weighted by atomic mass is 16.2. The molecule has 3 N–H and O–H groups in total. The van der Waals surface area contributed by atoms with E-state index in [4.69, 9.17) is 0 Å². The number of fused-ring (bicyclic) bond motifs is 1. The first kappa shape index (κ1) is 15.7. The fraction of sp³-hybridized carbons (Fsp3) is 0.444. The van der Waals surface area contributed by atoms with E-state index in [1.807, 2.05) is 18.3 Å². The third-order valence-electron chi connectivity index (χ3n) is 4.23. The summed E-state index contributed by atoms with van der Waals surface area (Å²) in [5.41, 5.74) is 1.04. The van der Waals surface area contributed by atoms with E-state index in [1.54, 1.807) is 6.20 Å². The topological polar surface area (TPSA) is 66.1 Å². The van der Waals surface area contributed by atoms with Gasteiger partial charge in [0, 0.05) is 43.1 Å². The van der Waals surface area contributed by atoms with Crippen LogP contribution in [-0.2, 0) is 4.79 Å². The molecule has 3 rings (SSSR count). The van der Waals surface area contributed by atoms with Crippen molar-refractivity contribution in [3.63, 3.8) is 0 Å². The number of hydrogen-bond donors (Lipinski definition) is 3. The summed E-state index contributed by atoms with van der Waals surface area (Å²) in [6, 6.07) is 8.33. The number of nitrogens with zero attached hydrogens (tertiary/aromatic N) is 1. The minimum Gasteiger partial charge on any atom is -0.380 e. The van der Waals surface area contributed by atoms with Gasteiger partial charge in [-0.05, 0) is 29.5 Å². The van der Waals surface area contributed by atoms with Crippen LogP contribution in [-0.4, -0.2) is 36.6 Å². The zero-order valence-corrected chi connectivity index (χ0v) is 13.7. The summed E-state index contributed by atoms with van der Waals surface area (Å²) < 4.78 is 0. The van der Waals surface area contributed by atoms with Crippen LogP contribution in [0.1, 0.15) is 13.8 Å². The van der Waals surface area contributed by atoms with Crippen molar-refractivity contribution in [3.8, 4) is 0 Å². The summed E-state index contributed by atoms with van der Waals surface area (Å²) in [5.74, 6) is 0.557. The molecule has 2 aromatic rings. The molecule has 5 nitrogen and oxygen atoms in total. The molecule has 0 saturated carbocycles. The van der Waals surface area contributed by atoms with Gasteiger partial charge in [-0.1, -0.05) is 19.9 Å². The molecule has 0 radical (unpaired) electrons. The lowest BCUT2D eigenvalue weighted by Gasteiger charge is -2.21. The van der Waals surface area contributed by atoms with Crippen LogP contribution in [0.25, 0.3) is 10.8 Å².